The maximum absolute atomic E-state index is 13.6. The first-order valence-corrected chi connectivity index (χ1v) is 8.14. The molecule has 1 saturated carbocycles. The summed E-state index contributed by atoms with van der Waals surface area (Å²) in [6.07, 6.45) is 2.96. The summed E-state index contributed by atoms with van der Waals surface area (Å²) in [6.45, 7) is 0. The Balaban J connectivity index is 1.75. The van der Waals surface area contributed by atoms with E-state index in [0.29, 0.717) is 18.4 Å². The lowest BCUT2D eigenvalue weighted by molar-refractivity contribution is -0.127. The minimum Gasteiger partial charge on any atom is -0.272 e. The molecule has 6 heteroatoms. The zero-order valence-electron chi connectivity index (χ0n) is 13.5. The highest BCUT2D eigenvalue weighted by atomic mass is 19.1. The Bertz CT molecular complexity index is 784. The Hall–Kier alpha value is -2.76. The van der Waals surface area contributed by atoms with E-state index in [-0.39, 0.29) is 17.3 Å². The van der Waals surface area contributed by atoms with E-state index in [1.54, 1.807) is 12.1 Å². The van der Waals surface area contributed by atoms with Crippen LogP contribution < -0.4 is 10.9 Å². The number of amides is 2. The largest absolute Gasteiger partial charge is 0.272 e. The van der Waals surface area contributed by atoms with Gasteiger partial charge in [-0.05, 0) is 42.7 Å². The Morgan fingerprint density at radius 2 is 1.52 bits per heavy atom. The van der Waals surface area contributed by atoms with Gasteiger partial charge in [-0.15, -0.1) is 0 Å². The quantitative estimate of drug-likeness (QED) is 0.840. The molecular formula is C19H18F2N2O2. The molecule has 0 heterocycles. The molecule has 1 aliphatic rings. The third-order valence-corrected chi connectivity index (χ3v) is 4.70. The molecule has 25 heavy (non-hydrogen) atoms. The van der Waals surface area contributed by atoms with Crippen molar-refractivity contribution in [1.82, 2.24) is 10.9 Å². The minimum atomic E-state index is -0.809. The summed E-state index contributed by atoms with van der Waals surface area (Å²) in [7, 11) is 0. The lowest BCUT2D eigenvalue weighted by atomic mass is 9.78. The van der Waals surface area contributed by atoms with Crippen molar-refractivity contribution in [1.29, 1.82) is 0 Å². The van der Waals surface area contributed by atoms with Crippen molar-refractivity contribution in [3.8, 4) is 0 Å². The summed E-state index contributed by atoms with van der Waals surface area (Å²) in [4.78, 5) is 24.8. The number of hydrazine groups is 1. The van der Waals surface area contributed by atoms with Crippen molar-refractivity contribution in [3.05, 3.63) is 71.3 Å². The molecule has 0 unspecified atom stereocenters. The lowest BCUT2D eigenvalue weighted by Gasteiger charge is -2.28. The molecule has 2 aromatic rings. The molecule has 0 spiro atoms. The summed E-state index contributed by atoms with van der Waals surface area (Å²) in [5, 5.41) is 0. The molecule has 2 N–H and O–H groups in total. The maximum Gasteiger partial charge on any atom is 0.272 e. The molecule has 0 aliphatic heterocycles. The molecule has 2 amide bonds. The second kappa shape index (κ2) is 7.01. The van der Waals surface area contributed by atoms with Crippen molar-refractivity contribution >= 4 is 11.8 Å². The second-order valence-electron chi connectivity index (χ2n) is 6.18. The average Bonchev–Trinajstić information content (AvgIpc) is 3.11. The van der Waals surface area contributed by atoms with Crippen LogP contribution in [-0.2, 0) is 10.2 Å². The monoisotopic (exact) mass is 344 g/mol. The molecule has 0 bridgehead atoms. The molecule has 130 valence electrons. The minimum absolute atomic E-state index is 0.148. The standard InChI is InChI=1S/C19H18F2N2O2/c20-14-9-7-13(8-10-14)19(11-3-4-12-19)18(25)23-22-17(24)15-5-1-2-6-16(15)21/h1-2,5-10H,3-4,11-12H2,(H,22,24)(H,23,25). The first-order chi connectivity index (χ1) is 12.0. The smallest absolute Gasteiger partial charge is 0.272 e. The van der Waals surface area contributed by atoms with Gasteiger partial charge in [0.25, 0.3) is 5.91 Å². The van der Waals surface area contributed by atoms with E-state index >= 15 is 0 Å². The van der Waals surface area contributed by atoms with E-state index in [4.69, 9.17) is 0 Å². The van der Waals surface area contributed by atoms with Crippen LogP contribution in [0.15, 0.2) is 48.5 Å². The molecule has 4 nitrogen and oxygen atoms in total. The predicted molar refractivity (Wildman–Crippen MR) is 88.6 cm³/mol. The maximum atomic E-state index is 13.6. The highest BCUT2D eigenvalue weighted by molar-refractivity contribution is 5.97. The van der Waals surface area contributed by atoms with Gasteiger partial charge < -0.3 is 0 Å². The first kappa shape index (κ1) is 17.1. The fourth-order valence-corrected chi connectivity index (χ4v) is 3.34. The summed E-state index contributed by atoms with van der Waals surface area (Å²) in [5.74, 6) is -2.13. The van der Waals surface area contributed by atoms with Crippen LogP contribution in [0.2, 0.25) is 0 Å². The number of hydrogen-bond acceptors (Lipinski definition) is 2. The van der Waals surface area contributed by atoms with Crippen molar-refractivity contribution in [3.63, 3.8) is 0 Å². The van der Waals surface area contributed by atoms with E-state index in [1.807, 2.05) is 0 Å². The highest BCUT2D eigenvalue weighted by Gasteiger charge is 2.42. The predicted octanol–water partition coefficient (Wildman–Crippen LogP) is 3.24. The molecule has 0 radical (unpaired) electrons. The van der Waals surface area contributed by atoms with Gasteiger partial charge in [0.1, 0.15) is 11.6 Å². The van der Waals surface area contributed by atoms with E-state index in [2.05, 4.69) is 10.9 Å². The van der Waals surface area contributed by atoms with Gasteiger partial charge in [-0.3, -0.25) is 20.4 Å². The molecule has 1 aliphatic carbocycles. The van der Waals surface area contributed by atoms with Crippen molar-refractivity contribution in [2.75, 3.05) is 0 Å². The van der Waals surface area contributed by atoms with Gasteiger partial charge in [0.2, 0.25) is 5.91 Å². The van der Waals surface area contributed by atoms with Crippen molar-refractivity contribution in [2.45, 2.75) is 31.1 Å². The first-order valence-electron chi connectivity index (χ1n) is 8.14. The van der Waals surface area contributed by atoms with Gasteiger partial charge in [-0.1, -0.05) is 37.1 Å². The van der Waals surface area contributed by atoms with Crippen molar-refractivity contribution < 1.29 is 18.4 Å². The molecule has 3 rings (SSSR count). The van der Waals surface area contributed by atoms with Crippen LogP contribution in [0.25, 0.3) is 0 Å². The SMILES string of the molecule is O=C(NNC(=O)C1(c2ccc(F)cc2)CCCC1)c1ccccc1F. The fourth-order valence-electron chi connectivity index (χ4n) is 3.34. The van der Waals surface area contributed by atoms with Gasteiger partial charge in [-0.25, -0.2) is 8.78 Å². The lowest BCUT2D eigenvalue weighted by Crippen LogP contribution is -2.50. The third kappa shape index (κ3) is 3.38. The Morgan fingerprint density at radius 3 is 2.16 bits per heavy atom. The van der Waals surface area contributed by atoms with E-state index in [1.165, 1.54) is 36.4 Å². The van der Waals surface area contributed by atoms with Crippen LogP contribution in [0.5, 0.6) is 0 Å². The normalized spacial score (nSPS) is 15.6. The average molecular weight is 344 g/mol. The topological polar surface area (TPSA) is 58.2 Å². The van der Waals surface area contributed by atoms with Gasteiger partial charge in [-0.2, -0.15) is 0 Å². The van der Waals surface area contributed by atoms with Gasteiger partial charge in [0, 0.05) is 0 Å². The number of rotatable bonds is 3. The summed E-state index contributed by atoms with van der Waals surface area (Å²) in [6, 6.07) is 11.4. The molecule has 0 atom stereocenters. The summed E-state index contributed by atoms with van der Waals surface area (Å²) >= 11 is 0. The van der Waals surface area contributed by atoms with E-state index in [0.717, 1.165) is 12.8 Å². The molecule has 2 aromatic carbocycles. The van der Waals surface area contributed by atoms with Crippen LogP contribution in [0.1, 0.15) is 41.6 Å². The van der Waals surface area contributed by atoms with E-state index in [9.17, 15) is 18.4 Å². The number of carbonyl (C=O) groups is 2. The van der Waals surface area contributed by atoms with Crippen LogP contribution in [0.3, 0.4) is 0 Å². The number of nitrogens with one attached hydrogen (secondary N) is 2. The van der Waals surface area contributed by atoms with E-state index < -0.39 is 17.1 Å². The zero-order chi connectivity index (χ0) is 17.9. The Labute approximate surface area is 144 Å². The third-order valence-electron chi connectivity index (χ3n) is 4.70. The molecule has 0 aromatic heterocycles. The number of benzene rings is 2. The second-order valence-corrected chi connectivity index (χ2v) is 6.18. The number of halogens is 2. The summed E-state index contributed by atoms with van der Waals surface area (Å²) < 4.78 is 26.8. The van der Waals surface area contributed by atoms with Gasteiger partial charge >= 0.3 is 0 Å². The van der Waals surface area contributed by atoms with Gasteiger partial charge in [0.15, 0.2) is 0 Å². The van der Waals surface area contributed by atoms with Crippen LogP contribution in [-0.4, -0.2) is 11.8 Å². The van der Waals surface area contributed by atoms with Crippen LogP contribution in [0.4, 0.5) is 8.78 Å². The zero-order valence-corrected chi connectivity index (χ0v) is 13.5. The molecular weight excluding hydrogens is 326 g/mol. The Morgan fingerprint density at radius 1 is 0.880 bits per heavy atom. The fraction of sp³-hybridized carbons (Fsp3) is 0.263. The highest BCUT2D eigenvalue weighted by Crippen LogP contribution is 2.41. The number of carbonyl (C=O) groups excluding carboxylic acids is 2. The van der Waals surface area contributed by atoms with Crippen LogP contribution >= 0.6 is 0 Å². The Kier molecular flexibility index (Phi) is 4.79. The summed E-state index contributed by atoms with van der Waals surface area (Å²) in [5.41, 5.74) is 4.43. The number of hydrogen-bond donors (Lipinski definition) is 2. The van der Waals surface area contributed by atoms with Crippen LogP contribution in [0, 0.1) is 11.6 Å². The van der Waals surface area contributed by atoms with Crippen molar-refractivity contribution in [2.24, 2.45) is 0 Å². The molecule has 1 fully saturated rings. The van der Waals surface area contributed by atoms with Gasteiger partial charge in [0.05, 0.1) is 11.0 Å². The molecule has 0 saturated heterocycles.